The smallest absolute Gasteiger partial charge is 0.254 e. The number of rotatable bonds is 2. The Morgan fingerprint density at radius 2 is 2.44 bits per heavy atom. The van der Waals surface area contributed by atoms with Crippen molar-refractivity contribution in [2.45, 2.75) is 18.9 Å². The zero-order chi connectivity index (χ0) is 11.5. The highest BCUT2D eigenvalue weighted by Gasteiger charge is 2.30. The molecule has 84 valence electrons. The lowest BCUT2D eigenvalue weighted by Gasteiger charge is -2.14. The van der Waals surface area contributed by atoms with Crippen LogP contribution >= 0.6 is 11.3 Å². The van der Waals surface area contributed by atoms with Crippen LogP contribution < -0.4 is 5.73 Å². The summed E-state index contributed by atoms with van der Waals surface area (Å²) in [6.07, 6.45) is 2.26. The van der Waals surface area contributed by atoms with E-state index in [1.165, 1.54) is 11.3 Å². The van der Waals surface area contributed by atoms with Crippen LogP contribution in [0.3, 0.4) is 0 Å². The molecule has 0 radical (unpaired) electrons. The van der Waals surface area contributed by atoms with Gasteiger partial charge in [-0.2, -0.15) is 0 Å². The van der Waals surface area contributed by atoms with E-state index in [0.29, 0.717) is 12.6 Å². The molecule has 1 aliphatic carbocycles. The number of carbonyl (C=O) groups excluding carboxylic acids is 1. The van der Waals surface area contributed by atoms with E-state index in [1.807, 2.05) is 23.4 Å². The average molecular weight is 234 g/mol. The molecule has 1 fully saturated rings. The fraction of sp³-hybridized carbons (Fsp3) is 0.417. The Morgan fingerprint density at radius 1 is 1.69 bits per heavy atom. The van der Waals surface area contributed by atoms with Crippen molar-refractivity contribution in [2.24, 2.45) is 5.73 Å². The molecular weight excluding hydrogens is 220 g/mol. The lowest BCUT2D eigenvalue weighted by atomic mass is 10.2. The Hall–Kier alpha value is -1.31. The first kappa shape index (κ1) is 11.2. The van der Waals surface area contributed by atoms with Crippen LogP contribution in [-0.4, -0.2) is 30.4 Å². The second-order valence-electron chi connectivity index (χ2n) is 3.85. The van der Waals surface area contributed by atoms with Gasteiger partial charge in [0.2, 0.25) is 0 Å². The van der Waals surface area contributed by atoms with E-state index in [2.05, 4.69) is 11.8 Å². The zero-order valence-corrected chi connectivity index (χ0v) is 10.0. The van der Waals surface area contributed by atoms with Crippen molar-refractivity contribution < 1.29 is 4.79 Å². The molecule has 3 nitrogen and oxygen atoms in total. The normalized spacial score (nSPS) is 14.1. The summed E-state index contributed by atoms with van der Waals surface area (Å²) in [4.78, 5) is 14.7. The van der Waals surface area contributed by atoms with Crippen molar-refractivity contribution in [3.8, 4) is 11.8 Å². The van der Waals surface area contributed by atoms with Crippen LogP contribution in [0.5, 0.6) is 0 Å². The maximum atomic E-state index is 12.0. The summed E-state index contributed by atoms with van der Waals surface area (Å²) < 4.78 is 0. The van der Waals surface area contributed by atoms with Crippen LogP contribution in [0.2, 0.25) is 0 Å². The van der Waals surface area contributed by atoms with E-state index in [4.69, 9.17) is 5.73 Å². The second-order valence-corrected chi connectivity index (χ2v) is 4.76. The van der Waals surface area contributed by atoms with Crippen LogP contribution in [0.25, 0.3) is 0 Å². The highest BCUT2D eigenvalue weighted by atomic mass is 32.1. The quantitative estimate of drug-likeness (QED) is 0.784. The SMILES string of the molecule is CN(C(=O)c1csc(C#CCN)c1)C1CC1. The molecule has 1 amide bonds. The molecule has 0 spiro atoms. The zero-order valence-electron chi connectivity index (χ0n) is 9.19. The predicted octanol–water partition coefficient (Wildman–Crippen LogP) is 1.29. The predicted molar refractivity (Wildman–Crippen MR) is 65.4 cm³/mol. The van der Waals surface area contributed by atoms with E-state index >= 15 is 0 Å². The number of thiophene rings is 1. The van der Waals surface area contributed by atoms with Gasteiger partial charge in [0.1, 0.15) is 0 Å². The van der Waals surface area contributed by atoms with Crippen molar-refractivity contribution >= 4 is 17.2 Å². The number of carbonyl (C=O) groups is 1. The molecule has 0 bridgehead atoms. The Kier molecular flexibility index (Phi) is 3.28. The molecule has 2 rings (SSSR count). The van der Waals surface area contributed by atoms with Crippen LogP contribution in [-0.2, 0) is 0 Å². The fourth-order valence-electron chi connectivity index (χ4n) is 1.48. The summed E-state index contributed by atoms with van der Waals surface area (Å²) >= 11 is 1.49. The molecule has 0 aliphatic heterocycles. The van der Waals surface area contributed by atoms with Crippen molar-refractivity contribution in [1.29, 1.82) is 0 Å². The van der Waals surface area contributed by atoms with Gasteiger partial charge < -0.3 is 10.6 Å². The lowest BCUT2D eigenvalue weighted by molar-refractivity contribution is 0.0785. The first-order valence-electron chi connectivity index (χ1n) is 5.27. The monoisotopic (exact) mass is 234 g/mol. The first-order chi connectivity index (χ1) is 7.72. The molecule has 0 saturated heterocycles. The van der Waals surface area contributed by atoms with Gasteiger partial charge in [-0.05, 0) is 18.9 Å². The minimum absolute atomic E-state index is 0.0968. The van der Waals surface area contributed by atoms with E-state index in [0.717, 1.165) is 23.3 Å². The number of hydrogen-bond donors (Lipinski definition) is 1. The standard InChI is InChI=1S/C12H14N2OS/c1-14(10-4-5-10)12(15)9-7-11(16-8-9)3-2-6-13/h7-8,10H,4-6,13H2,1H3. The molecule has 0 unspecified atom stereocenters. The minimum atomic E-state index is 0.0968. The maximum absolute atomic E-state index is 12.0. The van der Waals surface area contributed by atoms with Gasteiger partial charge in [-0.1, -0.05) is 11.8 Å². The van der Waals surface area contributed by atoms with Gasteiger partial charge in [-0.25, -0.2) is 0 Å². The molecule has 0 aromatic carbocycles. The second kappa shape index (κ2) is 4.69. The summed E-state index contributed by atoms with van der Waals surface area (Å²) in [5, 5.41) is 1.86. The van der Waals surface area contributed by atoms with E-state index in [-0.39, 0.29) is 5.91 Å². The van der Waals surface area contributed by atoms with Gasteiger partial charge >= 0.3 is 0 Å². The number of nitrogens with two attached hydrogens (primary N) is 1. The van der Waals surface area contributed by atoms with E-state index in [1.54, 1.807) is 0 Å². The molecule has 16 heavy (non-hydrogen) atoms. The molecule has 0 atom stereocenters. The number of hydrogen-bond acceptors (Lipinski definition) is 3. The van der Waals surface area contributed by atoms with Crippen LogP contribution in [0, 0.1) is 11.8 Å². The van der Waals surface area contributed by atoms with Crippen LogP contribution in [0.1, 0.15) is 28.1 Å². The number of nitrogens with zero attached hydrogens (tertiary/aromatic N) is 1. The van der Waals surface area contributed by atoms with Gasteiger partial charge in [0.15, 0.2) is 0 Å². The van der Waals surface area contributed by atoms with E-state index in [9.17, 15) is 4.79 Å². The van der Waals surface area contributed by atoms with Crippen LogP contribution in [0.4, 0.5) is 0 Å². The molecule has 2 N–H and O–H groups in total. The molecule has 1 aromatic heterocycles. The molecule has 1 aromatic rings. The molecule has 1 heterocycles. The Labute approximate surface area is 99.2 Å². The van der Waals surface area contributed by atoms with Gasteiger partial charge in [0.25, 0.3) is 5.91 Å². The topological polar surface area (TPSA) is 46.3 Å². The Morgan fingerprint density at radius 3 is 3.06 bits per heavy atom. The summed E-state index contributed by atoms with van der Waals surface area (Å²) in [5.74, 6) is 5.82. The molecule has 4 heteroatoms. The van der Waals surface area contributed by atoms with Gasteiger partial charge in [0.05, 0.1) is 17.0 Å². The average Bonchev–Trinajstić information content (AvgIpc) is 3.04. The van der Waals surface area contributed by atoms with Gasteiger partial charge in [-0.15, -0.1) is 11.3 Å². The third-order valence-electron chi connectivity index (χ3n) is 2.57. The molecular formula is C12H14N2OS. The third-order valence-corrected chi connectivity index (χ3v) is 3.42. The van der Waals surface area contributed by atoms with Crippen molar-refractivity contribution in [2.75, 3.05) is 13.6 Å². The Balaban J connectivity index is 2.08. The van der Waals surface area contributed by atoms with Crippen molar-refractivity contribution in [3.63, 3.8) is 0 Å². The largest absolute Gasteiger partial charge is 0.339 e. The lowest BCUT2D eigenvalue weighted by Crippen LogP contribution is -2.28. The number of amides is 1. The molecule has 1 aliphatic rings. The Bertz CT molecular complexity index is 451. The highest BCUT2D eigenvalue weighted by Crippen LogP contribution is 2.27. The summed E-state index contributed by atoms with van der Waals surface area (Å²) in [5.41, 5.74) is 6.03. The highest BCUT2D eigenvalue weighted by molar-refractivity contribution is 7.10. The first-order valence-corrected chi connectivity index (χ1v) is 6.15. The molecule has 1 saturated carbocycles. The van der Waals surface area contributed by atoms with Gasteiger partial charge in [-0.3, -0.25) is 4.79 Å². The minimum Gasteiger partial charge on any atom is -0.339 e. The summed E-state index contributed by atoms with van der Waals surface area (Å²) in [6, 6.07) is 2.29. The van der Waals surface area contributed by atoms with Crippen LogP contribution in [0.15, 0.2) is 11.4 Å². The fourth-order valence-corrected chi connectivity index (χ4v) is 2.23. The van der Waals surface area contributed by atoms with E-state index < -0.39 is 0 Å². The maximum Gasteiger partial charge on any atom is 0.254 e. The summed E-state index contributed by atoms with van der Waals surface area (Å²) in [6.45, 7) is 0.350. The summed E-state index contributed by atoms with van der Waals surface area (Å²) in [7, 11) is 1.86. The van der Waals surface area contributed by atoms with Crippen molar-refractivity contribution in [1.82, 2.24) is 4.90 Å². The van der Waals surface area contributed by atoms with Gasteiger partial charge in [0, 0.05) is 18.5 Å². The third kappa shape index (κ3) is 2.43. The van der Waals surface area contributed by atoms with Crippen molar-refractivity contribution in [3.05, 3.63) is 21.9 Å².